The number of para-hydroxylation sites is 2. The van der Waals surface area contributed by atoms with Gasteiger partial charge < -0.3 is 19.5 Å². The maximum Gasteiger partial charge on any atom is 0.303 e. The van der Waals surface area contributed by atoms with Crippen LogP contribution in [0.3, 0.4) is 0 Å². The SMILES string of the molecule is COC1(C2=NCCN2)COc2ccccc2O1. The normalized spacial score (nSPS) is 26.3. The van der Waals surface area contributed by atoms with Gasteiger partial charge in [0.05, 0.1) is 6.54 Å². The van der Waals surface area contributed by atoms with Gasteiger partial charge in [0.25, 0.3) is 0 Å². The Bertz CT molecular complexity index is 461. The molecule has 17 heavy (non-hydrogen) atoms. The molecule has 2 heterocycles. The fourth-order valence-corrected chi connectivity index (χ4v) is 2.00. The van der Waals surface area contributed by atoms with Gasteiger partial charge >= 0.3 is 5.79 Å². The summed E-state index contributed by atoms with van der Waals surface area (Å²) in [6.45, 7) is 1.85. The number of amidine groups is 1. The highest BCUT2D eigenvalue weighted by Gasteiger charge is 2.44. The van der Waals surface area contributed by atoms with Crippen LogP contribution < -0.4 is 14.8 Å². The number of nitrogens with one attached hydrogen (secondary N) is 1. The Morgan fingerprint density at radius 1 is 1.35 bits per heavy atom. The predicted octanol–water partition coefficient (Wildman–Crippen LogP) is 0.802. The number of nitrogens with zero attached hydrogens (tertiary/aromatic N) is 1. The molecule has 2 aliphatic heterocycles. The molecule has 0 saturated carbocycles. The van der Waals surface area contributed by atoms with E-state index in [1.807, 2.05) is 24.3 Å². The first-order valence-electron chi connectivity index (χ1n) is 5.59. The molecule has 1 unspecified atom stereocenters. The summed E-state index contributed by atoms with van der Waals surface area (Å²) in [6.07, 6.45) is 0. The second-order valence-corrected chi connectivity index (χ2v) is 3.95. The molecule has 0 bridgehead atoms. The predicted molar refractivity (Wildman–Crippen MR) is 62.6 cm³/mol. The lowest BCUT2D eigenvalue weighted by atomic mass is 10.2. The molecule has 0 fully saturated rings. The fourth-order valence-electron chi connectivity index (χ4n) is 2.00. The van der Waals surface area contributed by atoms with Gasteiger partial charge in [0, 0.05) is 13.7 Å². The van der Waals surface area contributed by atoms with Crippen LogP contribution in [0.15, 0.2) is 29.3 Å². The highest BCUT2D eigenvalue weighted by atomic mass is 16.7. The number of hydrogen-bond acceptors (Lipinski definition) is 5. The lowest BCUT2D eigenvalue weighted by molar-refractivity contribution is -0.145. The van der Waals surface area contributed by atoms with Crippen molar-refractivity contribution in [2.45, 2.75) is 5.79 Å². The Morgan fingerprint density at radius 2 is 2.18 bits per heavy atom. The van der Waals surface area contributed by atoms with E-state index in [9.17, 15) is 0 Å². The smallest absolute Gasteiger partial charge is 0.303 e. The number of methoxy groups -OCH3 is 1. The molecule has 0 radical (unpaired) electrons. The Morgan fingerprint density at radius 3 is 2.88 bits per heavy atom. The van der Waals surface area contributed by atoms with E-state index in [2.05, 4.69) is 10.3 Å². The zero-order chi connectivity index (χ0) is 11.7. The van der Waals surface area contributed by atoms with E-state index >= 15 is 0 Å². The lowest BCUT2D eigenvalue weighted by Crippen LogP contribution is -2.56. The summed E-state index contributed by atoms with van der Waals surface area (Å²) < 4.78 is 17.1. The van der Waals surface area contributed by atoms with Gasteiger partial charge in [-0.3, -0.25) is 4.99 Å². The molecule has 0 aromatic heterocycles. The summed E-state index contributed by atoms with van der Waals surface area (Å²) in [7, 11) is 1.60. The number of benzene rings is 1. The second-order valence-electron chi connectivity index (χ2n) is 3.95. The van der Waals surface area contributed by atoms with Crippen LogP contribution in [0.4, 0.5) is 0 Å². The molecule has 1 N–H and O–H groups in total. The van der Waals surface area contributed by atoms with E-state index in [1.54, 1.807) is 7.11 Å². The van der Waals surface area contributed by atoms with Crippen molar-refractivity contribution in [1.29, 1.82) is 0 Å². The third-order valence-electron chi connectivity index (χ3n) is 2.91. The number of fused-ring (bicyclic) bond motifs is 1. The van der Waals surface area contributed by atoms with Gasteiger partial charge in [-0.15, -0.1) is 0 Å². The van der Waals surface area contributed by atoms with Gasteiger partial charge in [0.2, 0.25) is 0 Å². The van der Waals surface area contributed by atoms with Crippen LogP contribution in [0.1, 0.15) is 0 Å². The lowest BCUT2D eigenvalue weighted by Gasteiger charge is -2.36. The largest absolute Gasteiger partial charge is 0.482 e. The van der Waals surface area contributed by atoms with E-state index < -0.39 is 5.79 Å². The van der Waals surface area contributed by atoms with Crippen LogP contribution >= 0.6 is 0 Å². The molecule has 0 amide bonds. The maximum atomic E-state index is 5.91. The van der Waals surface area contributed by atoms with Gasteiger partial charge in [0.15, 0.2) is 23.9 Å². The first-order valence-corrected chi connectivity index (χ1v) is 5.59. The number of aliphatic imine (C=N–C) groups is 1. The topological polar surface area (TPSA) is 52.1 Å². The minimum Gasteiger partial charge on any atom is -0.482 e. The third-order valence-corrected chi connectivity index (χ3v) is 2.91. The van der Waals surface area contributed by atoms with Crippen LogP contribution in [0.2, 0.25) is 0 Å². The van der Waals surface area contributed by atoms with Crippen LogP contribution in [-0.4, -0.2) is 38.4 Å². The Hall–Kier alpha value is -1.75. The van der Waals surface area contributed by atoms with Crippen LogP contribution in [0, 0.1) is 0 Å². The standard InChI is InChI=1S/C12H14N2O3/c1-15-12(11-13-6-7-14-11)8-16-9-4-2-3-5-10(9)17-12/h2-5H,6-8H2,1H3,(H,13,14). The van der Waals surface area contributed by atoms with E-state index in [0.717, 1.165) is 18.8 Å². The van der Waals surface area contributed by atoms with Crippen molar-refractivity contribution in [1.82, 2.24) is 5.32 Å². The zero-order valence-electron chi connectivity index (χ0n) is 9.60. The van der Waals surface area contributed by atoms with E-state index in [4.69, 9.17) is 14.2 Å². The summed E-state index contributed by atoms with van der Waals surface area (Å²) in [4.78, 5) is 4.35. The van der Waals surface area contributed by atoms with Gasteiger partial charge in [-0.25, -0.2) is 0 Å². The van der Waals surface area contributed by atoms with E-state index in [-0.39, 0.29) is 0 Å². The van der Waals surface area contributed by atoms with Crippen molar-refractivity contribution in [3.05, 3.63) is 24.3 Å². The molecule has 2 aliphatic rings. The molecule has 1 atom stereocenters. The van der Waals surface area contributed by atoms with Crippen molar-refractivity contribution in [2.24, 2.45) is 4.99 Å². The minimum atomic E-state index is -0.940. The highest BCUT2D eigenvalue weighted by molar-refractivity contribution is 5.91. The fraction of sp³-hybridized carbons (Fsp3) is 0.417. The molecular formula is C12H14N2O3. The van der Waals surface area contributed by atoms with Gasteiger partial charge in [0.1, 0.15) is 0 Å². The van der Waals surface area contributed by atoms with Crippen molar-refractivity contribution in [3.8, 4) is 11.5 Å². The Balaban J connectivity index is 1.94. The summed E-state index contributed by atoms with van der Waals surface area (Å²) in [5, 5.41) is 3.17. The van der Waals surface area contributed by atoms with Crippen molar-refractivity contribution in [3.63, 3.8) is 0 Å². The summed E-state index contributed by atoms with van der Waals surface area (Å²) in [5.41, 5.74) is 0. The molecule has 0 spiro atoms. The molecule has 3 rings (SSSR count). The number of ether oxygens (including phenoxy) is 3. The number of hydrogen-bond donors (Lipinski definition) is 1. The average Bonchev–Trinajstić information content (AvgIpc) is 2.92. The number of rotatable bonds is 2. The molecular weight excluding hydrogens is 220 g/mol. The molecule has 1 aromatic rings. The summed E-state index contributed by atoms with van der Waals surface area (Å²) in [6, 6.07) is 7.54. The monoisotopic (exact) mass is 234 g/mol. The molecule has 1 aromatic carbocycles. The molecule has 0 saturated heterocycles. The van der Waals surface area contributed by atoms with Crippen molar-refractivity contribution in [2.75, 3.05) is 26.8 Å². The summed E-state index contributed by atoms with van der Waals surface area (Å²) in [5.74, 6) is 1.18. The third kappa shape index (κ3) is 1.63. The molecule has 90 valence electrons. The second kappa shape index (κ2) is 3.92. The summed E-state index contributed by atoms with van der Waals surface area (Å²) >= 11 is 0. The first-order chi connectivity index (χ1) is 8.34. The maximum absolute atomic E-state index is 5.91. The van der Waals surface area contributed by atoms with Crippen LogP contribution in [0.25, 0.3) is 0 Å². The van der Waals surface area contributed by atoms with Gasteiger partial charge in [-0.2, -0.15) is 0 Å². The highest BCUT2D eigenvalue weighted by Crippen LogP contribution is 2.35. The first kappa shape index (κ1) is 10.4. The van der Waals surface area contributed by atoms with Crippen molar-refractivity contribution < 1.29 is 14.2 Å². The Labute approximate surface area is 99.4 Å². The van der Waals surface area contributed by atoms with Crippen LogP contribution in [-0.2, 0) is 4.74 Å². The van der Waals surface area contributed by atoms with Crippen LogP contribution in [0.5, 0.6) is 11.5 Å². The van der Waals surface area contributed by atoms with Crippen molar-refractivity contribution >= 4 is 5.84 Å². The van der Waals surface area contributed by atoms with Gasteiger partial charge in [-0.1, -0.05) is 12.1 Å². The van der Waals surface area contributed by atoms with E-state index in [1.165, 1.54) is 0 Å². The molecule has 5 nitrogen and oxygen atoms in total. The van der Waals surface area contributed by atoms with E-state index in [0.29, 0.717) is 18.2 Å². The Kier molecular flexibility index (Phi) is 2.40. The quantitative estimate of drug-likeness (QED) is 0.822. The minimum absolute atomic E-state index is 0.298. The average molecular weight is 234 g/mol. The zero-order valence-corrected chi connectivity index (χ0v) is 9.60. The van der Waals surface area contributed by atoms with Gasteiger partial charge in [-0.05, 0) is 12.1 Å². The molecule has 0 aliphatic carbocycles. The molecule has 5 heteroatoms.